The fraction of sp³-hybridized carbons (Fsp3) is 0.429. The van der Waals surface area contributed by atoms with Crippen LogP contribution in [0, 0.1) is 5.82 Å². The largest absolute Gasteiger partial charge is 0.309 e. The highest BCUT2D eigenvalue weighted by molar-refractivity contribution is 7.99. The summed E-state index contributed by atoms with van der Waals surface area (Å²) < 4.78 is 12.8. The molecule has 17 heavy (non-hydrogen) atoms. The average molecular weight is 253 g/mol. The summed E-state index contributed by atoms with van der Waals surface area (Å²) in [7, 11) is 0. The van der Waals surface area contributed by atoms with Crippen LogP contribution in [-0.4, -0.2) is 18.1 Å². The molecular weight excluding hydrogens is 233 g/mol. The van der Waals surface area contributed by atoms with E-state index in [0.29, 0.717) is 6.04 Å². The molecule has 1 atom stereocenters. The Kier molecular flexibility index (Phi) is 6.97. The molecule has 0 spiro atoms. The lowest BCUT2D eigenvalue weighted by Crippen LogP contribution is -2.23. The summed E-state index contributed by atoms with van der Waals surface area (Å²) in [6.07, 6.45) is 2.93. The molecule has 0 bridgehead atoms. The Balaban J connectivity index is 2.37. The number of thioether (sulfide) groups is 1. The second kappa shape index (κ2) is 8.31. The first-order chi connectivity index (χ1) is 8.27. The first-order valence-electron chi connectivity index (χ1n) is 5.95. The summed E-state index contributed by atoms with van der Waals surface area (Å²) in [6.45, 7) is 6.79. The van der Waals surface area contributed by atoms with E-state index in [2.05, 4.69) is 18.8 Å². The van der Waals surface area contributed by atoms with Gasteiger partial charge in [0.05, 0.1) is 0 Å². The van der Waals surface area contributed by atoms with Gasteiger partial charge in [-0.05, 0) is 24.1 Å². The molecule has 0 fully saturated rings. The molecule has 0 heterocycles. The molecule has 1 aromatic carbocycles. The lowest BCUT2D eigenvalue weighted by atomic mass is 10.0. The van der Waals surface area contributed by atoms with Crippen molar-refractivity contribution in [2.75, 3.05) is 18.1 Å². The number of hydrogen-bond donors (Lipinski definition) is 1. The van der Waals surface area contributed by atoms with Crippen molar-refractivity contribution in [1.82, 2.24) is 5.32 Å². The Morgan fingerprint density at radius 3 is 2.71 bits per heavy atom. The van der Waals surface area contributed by atoms with Crippen molar-refractivity contribution < 1.29 is 4.39 Å². The lowest BCUT2D eigenvalue weighted by Gasteiger charge is -2.17. The first-order valence-corrected chi connectivity index (χ1v) is 7.11. The maximum absolute atomic E-state index is 12.8. The monoisotopic (exact) mass is 253 g/mol. The van der Waals surface area contributed by atoms with Gasteiger partial charge >= 0.3 is 0 Å². The molecule has 1 nitrogen and oxygen atoms in total. The molecule has 1 aromatic rings. The van der Waals surface area contributed by atoms with E-state index in [1.807, 2.05) is 30.0 Å². The molecular formula is C14H20FNS. The number of halogens is 1. The second-order valence-corrected chi connectivity index (χ2v) is 4.98. The fourth-order valence-electron chi connectivity index (χ4n) is 1.66. The average Bonchev–Trinajstić information content (AvgIpc) is 2.35. The van der Waals surface area contributed by atoms with Crippen LogP contribution in [0.5, 0.6) is 0 Å². The van der Waals surface area contributed by atoms with Crippen molar-refractivity contribution in [3.63, 3.8) is 0 Å². The maximum atomic E-state index is 12.8. The minimum atomic E-state index is -0.176. The maximum Gasteiger partial charge on any atom is 0.123 e. The molecule has 3 heteroatoms. The summed E-state index contributed by atoms with van der Waals surface area (Å²) in [4.78, 5) is 0. The van der Waals surface area contributed by atoms with E-state index in [1.54, 1.807) is 0 Å². The Hall–Kier alpha value is -0.800. The SMILES string of the molecule is C=CCSCCNC(CC)c1ccc(F)cc1. The number of hydrogen-bond acceptors (Lipinski definition) is 2. The third kappa shape index (κ3) is 5.37. The predicted octanol–water partition coefficient (Wildman–Crippen LogP) is 3.79. The Labute approximate surface area is 107 Å². The number of benzene rings is 1. The van der Waals surface area contributed by atoms with Crippen LogP contribution in [-0.2, 0) is 0 Å². The van der Waals surface area contributed by atoms with E-state index in [0.717, 1.165) is 30.0 Å². The van der Waals surface area contributed by atoms with E-state index in [-0.39, 0.29) is 5.82 Å². The van der Waals surface area contributed by atoms with Gasteiger partial charge in [0, 0.05) is 24.1 Å². The minimum absolute atomic E-state index is 0.176. The highest BCUT2D eigenvalue weighted by Gasteiger charge is 2.07. The molecule has 94 valence electrons. The zero-order chi connectivity index (χ0) is 12.5. The summed E-state index contributed by atoms with van der Waals surface area (Å²) in [6, 6.07) is 7.07. The van der Waals surface area contributed by atoms with Crippen LogP contribution in [0.25, 0.3) is 0 Å². The second-order valence-electron chi connectivity index (χ2n) is 3.83. The van der Waals surface area contributed by atoms with Crippen molar-refractivity contribution in [1.29, 1.82) is 0 Å². The zero-order valence-electron chi connectivity index (χ0n) is 10.3. The van der Waals surface area contributed by atoms with Crippen LogP contribution in [0.1, 0.15) is 24.9 Å². The van der Waals surface area contributed by atoms with Crippen molar-refractivity contribution in [2.24, 2.45) is 0 Å². The molecule has 0 saturated heterocycles. The van der Waals surface area contributed by atoms with Gasteiger partial charge in [-0.3, -0.25) is 0 Å². The van der Waals surface area contributed by atoms with Crippen LogP contribution < -0.4 is 5.32 Å². The van der Waals surface area contributed by atoms with Gasteiger partial charge in [-0.1, -0.05) is 25.1 Å². The van der Waals surface area contributed by atoms with Crippen LogP contribution in [0.15, 0.2) is 36.9 Å². The van der Waals surface area contributed by atoms with Crippen LogP contribution >= 0.6 is 11.8 Å². The van der Waals surface area contributed by atoms with Gasteiger partial charge in [-0.2, -0.15) is 11.8 Å². The smallest absolute Gasteiger partial charge is 0.123 e. The van der Waals surface area contributed by atoms with E-state index >= 15 is 0 Å². The van der Waals surface area contributed by atoms with Crippen molar-refractivity contribution in [3.05, 3.63) is 48.3 Å². The van der Waals surface area contributed by atoms with E-state index in [9.17, 15) is 4.39 Å². The molecule has 1 rings (SSSR count). The topological polar surface area (TPSA) is 12.0 Å². The van der Waals surface area contributed by atoms with E-state index in [1.165, 1.54) is 12.1 Å². The van der Waals surface area contributed by atoms with E-state index in [4.69, 9.17) is 0 Å². The highest BCUT2D eigenvalue weighted by Crippen LogP contribution is 2.16. The molecule has 0 amide bonds. The zero-order valence-corrected chi connectivity index (χ0v) is 11.1. The Bertz CT molecular complexity index is 323. The molecule has 0 aliphatic rings. The highest BCUT2D eigenvalue weighted by atomic mass is 32.2. The first kappa shape index (κ1) is 14.3. The Morgan fingerprint density at radius 1 is 1.41 bits per heavy atom. The summed E-state index contributed by atoms with van der Waals surface area (Å²) in [5, 5.41) is 3.49. The molecule has 0 saturated carbocycles. The predicted molar refractivity (Wildman–Crippen MR) is 75.0 cm³/mol. The van der Waals surface area contributed by atoms with Crippen LogP contribution in [0.2, 0.25) is 0 Å². The molecule has 1 N–H and O–H groups in total. The normalized spacial score (nSPS) is 12.4. The van der Waals surface area contributed by atoms with Gasteiger partial charge in [-0.15, -0.1) is 6.58 Å². The molecule has 0 aromatic heterocycles. The molecule has 1 unspecified atom stereocenters. The van der Waals surface area contributed by atoms with Crippen LogP contribution in [0.4, 0.5) is 4.39 Å². The van der Waals surface area contributed by atoms with Gasteiger partial charge in [0.2, 0.25) is 0 Å². The third-order valence-electron chi connectivity index (χ3n) is 2.55. The van der Waals surface area contributed by atoms with Gasteiger partial charge in [0.25, 0.3) is 0 Å². The summed E-state index contributed by atoms with van der Waals surface area (Å²) in [5.74, 6) is 1.89. The van der Waals surface area contributed by atoms with Gasteiger partial charge in [-0.25, -0.2) is 4.39 Å². The molecule has 0 aliphatic heterocycles. The van der Waals surface area contributed by atoms with Gasteiger partial charge in [0.1, 0.15) is 5.82 Å². The fourth-order valence-corrected chi connectivity index (χ4v) is 2.26. The third-order valence-corrected chi connectivity index (χ3v) is 3.52. The van der Waals surface area contributed by atoms with Gasteiger partial charge in [0.15, 0.2) is 0 Å². The standard InChI is InChI=1S/C14H20FNS/c1-3-10-17-11-9-16-14(4-2)12-5-7-13(15)8-6-12/h3,5-8,14,16H,1,4,9-11H2,2H3. The number of rotatable bonds is 8. The molecule has 0 aliphatic carbocycles. The summed E-state index contributed by atoms with van der Waals surface area (Å²) in [5.41, 5.74) is 1.16. The lowest BCUT2D eigenvalue weighted by molar-refractivity contribution is 0.537. The van der Waals surface area contributed by atoms with E-state index < -0.39 is 0 Å². The van der Waals surface area contributed by atoms with Crippen molar-refractivity contribution in [3.8, 4) is 0 Å². The van der Waals surface area contributed by atoms with Gasteiger partial charge < -0.3 is 5.32 Å². The molecule has 0 radical (unpaired) electrons. The van der Waals surface area contributed by atoms with Crippen molar-refractivity contribution in [2.45, 2.75) is 19.4 Å². The Morgan fingerprint density at radius 2 is 2.12 bits per heavy atom. The minimum Gasteiger partial charge on any atom is -0.309 e. The van der Waals surface area contributed by atoms with Crippen LogP contribution in [0.3, 0.4) is 0 Å². The quantitative estimate of drug-likeness (QED) is 0.559. The number of nitrogens with one attached hydrogen (secondary N) is 1. The summed E-state index contributed by atoms with van der Waals surface area (Å²) >= 11 is 1.86. The van der Waals surface area contributed by atoms with Crippen molar-refractivity contribution >= 4 is 11.8 Å².